The van der Waals surface area contributed by atoms with E-state index in [2.05, 4.69) is 25.4 Å². The van der Waals surface area contributed by atoms with Gasteiger partial charge in [-0.3, -0.25) is 9.78 Å². The number of rotatable bonds is 4. The molecule has 25 heavy (non-hydrogen) atoms. The van der Waals surface area contributed by atoms with Gasteiger partial charge in [0.05, 0.1) is 24.9 Å². The lowest BCUT2D eigenvalue weighted by molar-refractivity contribution is 0.183. The van der Waals surface area contributed by atoms with Crippen LogP contribution in [0.15, 0.2) is 59.9 Å². The smallest absolute Gasteiger partial charge is 0.267 e. The van der Waals surface area contributed by atoms with Gasteiger partial charge < -0.3 is 10.1 Å². The van der Waals surface area contributed by atoms with Crippen LogP contribution in [0, 0.1) is 0 Å². The third-order valence-corrected chi connectivity index (χ3v) is 4.03. The largest absolute Gasteiger partial charge is 0.377 e. The molecule has 0 aromatic carbocycles. The lowest BCUT2D eigenvalue weighted by Crippen LogP contribution is -2.37. The maximum Gasteiger partial charge on any atom is 0.267 e. The highest BCUT2D eigenvalue weighted by molar-refractivity contribution is 5.56. The van der Waals surface area contributed by atoms with Gasteiger partial charge in [0.1, 0.15) is 6.04 Å². The van der Waals surface area contributed by atoms with Crippen molar-refractivity contribution in [1.82, 2.24) is 24.7 Å². The fourth-order valence-corrected chi connectivity index (χ4v) is 2.79. The Labute approximate surface area is 143 Å². The number of nitrogens with zero attached hydrogens (tertiary/aromatic N) is 5. The fourth-order valence-electron chi connectivity index (χ4n) is 2.79. The maximum absolute atomic E-state index is 12.4. The molecule has 3 aromatic rings. The third kappa shape index (κ3) is 3.24. The molecule has 0 bridgehead atoms. The second-order valence-corrected chi connectivity index (χ2v) is 5.67. The predicted molar refractivity (Wildman–Crippen MR) is 91.0 cm³/mol. The van der Waals surface area contributed by atoms with Crippen molar-refractivity contribution >= 4 is 5.95 Å². The van der Waals surface area contributed by atoms with E-state index in [1.54, 1.807) is 36.9 Å². The molecule has 1 aliphatic heterocycles. The van der Waals surface area contributed by atoms with E-state index in [9.17, 15) is 4.79 Å². The topological polar surface area (TPSA) is 94.8 Å². The summed E-state index contributed by atoms with van der Waals surface area (Å²) in [5.74, 6) is 0.500. The molecule has 0 radical (unpaired) electrons. The molecular formula is C17H16N6O2. The van der Waals surface area contributed by atoms with E-state index in [4.69, 9.17) is 4.74 Å². The number of hydrogen-bond donors (Lipinski definition) is 1. The van der Waals surface area contributed by atoms with Crippen molar-refractivity contribution < 1.29 is 4.74 Å². The van der Waals surface area contributed by atoms with Gasteiger partial charge in [-0.1, -0.05) is 0 Å². The highest BCUT2D eigenvalue weighted by Gasteiger charge is 2.32. The SMILES string of the molecule is O=c1ccc(-c2cccnc2)nn1C1COCC1Nc1ncccn1. The van der Waals surface area contributed by atoms with Crippen molar-refractivity contribution in [1.29, 1.82) is 0 Å². The summed E-state index contributed by atoms with van der Waals surface area (Å²) in [5, 5.41) is 7.74. The number of hydrogen-bond acceptors (Lipinski definition) is 7. The molecule has 1 N–H and O–H groups in total. The zero-order valence-electron chi connectivity index (χ0n) is 13.3. The van der Waals surface area contributed by atoms with E-state index >= 15 is 0 Å². The molecule has 126 valence electrons. The average Bonchev–Trinajstić information content (AvgIpc) is 3.11. The molecule has 0 spiro atoms. The van der Waals surface area contributed by atoms with Crippen molar-refractivity contribution in [3.63, 3.8) is 0 Å². The molecular weight excluding hydrogens is 320 g/mol. The Morgan fingerprint density at radius 3 is 2.76 bits per heavy atom. The minimum absolute atomic E-state index is 0.142. The summed E-state index contributed by atoms with van der Waals surface area (Å²) < 4.78 is 7.03. The van der Waals surface area contributed by atoms with Crippen LogP contribution < -0.4 is 10.9 Å². The van der Waals surface area contributed by atoms with Crippen LogP contribution in [0.2, 0.25) is 0 Å². The second kappa shape index (κ2) is 6.78. The molecule has 8 nitrogen and oxygen atoms in total. The Balaban J connectivity index is 1.65. The summed E-state index contributed by atoms with van der Waals surface area (Å²) >= 11 is 0. The van der Waals surface area contributed by atoms with Gasteiger partial charge in [0.25, 0.3) is 5.56 Å². The van der Waals surface area contributed by atoms with E-state index in [0.29, 0.717) is 24.9 Å². The number of anilines is 1. The Morgan fingerprint density at radius 2 is 1.96 bits per heavy atom. The van der Waals surface area contributed by atoms with Crippen LogP contribution in [0.5, 0.6) is 0 Å². The summed E-state index contributed by atoms with van der Waals surface area (Å²) in [7, 11) is 0. The van der Waals surface area contributed by atoms with Crippen LogP contribution in [-0.4, -0.2) is 44.0 Å². The summed E-state index contributed by atoms with van der Waals surface area (Å²) in [6.45, 7) is 0.849. The maximum atomic E-state index is 12.4. The zero-order valence-corrected chi connectivity index (χ0v) is 13.3. The fraction of sp³-hybridized carbons (Fsp3) is 0.235. The highest BCUT2D eigenvalue weighted by Crippen LogP contribution is 2.21. The van der Waals surface area contributed by atoms with Crippen molar-refractivity contribution in [2.75, 3.05) is 18.5 Å². The molecule has 4 heterocycles. The van der Waals surface area contributed by atoms with Crippen molar-refractivity contribution in [2.24, 2.45) is 0 Å². The first kappa shape index (κ1) is 15.4. The van der Waals surface area contributed by atoms with Gasteiger partial charge in [-0.15, -0.1) is 0 Å². The Bertz CT molecular complexity index is 900. The normalized spacial score (nSPS) is 19.7. The molecule has 0 saturated carbocycles. The van der Waals surface area contributed by atoms with Crippen LogP contribution in [0.25, 0.3) is 11.3 Å². The van der Waals surface area contributed by atoms with Crippen LogP contribution in [0.4, 0.5) is 5.95 Å². The summed E-state index contributed by atoms with van der Waals surface area (Å²) in [4.78, 5) is 24.8. The van der Waals surface area contributed by atoms with Gasteiger partial charge in [-0.25, -0.2) is 14.6 Å². The number of ether oxygens (including phenoxy) is 1. The lowest BCUT2D eigenvalue weighted by Gasteiger charge is -2.20. The monoisotopic (exact) mass is 336 g/mol. The molecule has 4 rings (SSSR count). The molecule has 3 aromatic heterocycles. The predicted octanol–water partition coefficient (Wildman–Crippen LogP) is 1.15. The molecule has 0 aliphatic carbocycles. The minimum atomic E-state index is -0.243. The van der Waals surface area contributed by atoms with E-state index in [0.717, 1.165) is 5.56 Å². The van der Waals surface area contributed by atoms with Gasteiger partial charge in [-0.05, 0) is 24.3 Å². The van der Waals surface area contributed by atoms with Crippen LogP contribution in [0.1, 0.15) is 6.04 Å². The molecule has 1 saturated heterocycles. The Kier molecular flexibility index (Phi) is 4.17. The van der Waals surface area contributed by atoms with Gasteiger partial charge in [0.15, 0.2) is 0 Å². The minimum Gasteiger partial charge on any atom is -0.377 e. The highest BCUT2D eigenvalue weighted by atomic mass is 16.5. The first-order valence-electron chi connectivity index (χ1n) is 7.93. The van der Waals surface area contributed by atoms with Crippen LogP contribution in [-0.2, 0) is 4.74 Å². The number of aromatic nitrogens is 5. The number of nitrogens with one attached hydrogen (secondary N) is 1. The zero-order chi connectivity index (χ0) is 17.1. The molecule has 8 heteroatoms. The van der Waals surface area contributed by atoms with E-state index in [1.165, 1.54) is 10.7 Å². The molecule has 1 fully saturated rings. The van der Waals surface area contributed by atoms with Crippen molar-refractivity contribution in [3.8, 4) is 11.3 Å². The molecule has 0 amide bonds. The first-order chi connectivity index (χ1) is 12.3. The number of pyridine rings is 1. The quantitative estimate of drug-likeness (QED) is 0.763. The van der Waals surface area contributed by atoms with Gasteiger partial charge in [0.2, 0.25) is 5.95 Å². The third-order valence-electron chi connectivity index (χ3n) is 4.03. The molecule has 1 aliphatic rings. The van der Waals surface area contributed by atoms with Gasteiger partial charge >= 0.3 is 0 Å². The second-order valence-electron chi connectivity index (χ2n) is 5.67. The van der Waals surface area contributed by atoms with Crippen molar-refractivity contribution in [3.05, 3.63) is 65.5 Å². The van der Waals surface area contributed by atoms with E-state index < -0.39 is 0 Å². The lowest BCUT2D eigenvalue weighted by atomic mass is 10.1. The van der Waals surface area contributed by atoms with E-state index in [-0.39, 0.29) is 17.6 Å². The van der Waals surface area contributed by atoms with Crippen LogP contribution >= 0.6 is 0 Å². The van der Waals surface area contributed by atoms with Crippen molar-refractivity contribution in [2.45, 2.75) is 12.1 Å². The van der Waals surface area contributed by atoms with E-state index in [1.807, 2.05) is 12.1 Å². The summed E-state index contributed by atoms with van der Waals surface area (Å²) in [6.07, 6.45) is 6.74. The Hall–Kier alpha value is -3.13. The average molecular weight is 336 g/mol. The summed E-state index contributed by atoms with van der Waals surface area (Å²) in [6, 6.07) is 8.32. The molecule has 2 atom stereocenters. The summed E-state index contributed by atoms with van der Waals surface area (Å²) in [5.41, 5.74) is 1.37. The standard InChI is InChI=1S/C17H16N6O2/c24-16-5-4-13(12-3-1-6-18-9-12)22-23(16)15-11-25-10-14(15)21-17-19-7-2-8-20-17/h1-9,14-15H,10-11H2,(H,19,20,21). The Morgan fingerprint density at radius 1 is 1.08 bits per heavy atom. The van der Waals surface area contributed by atoms with Gasteiger partial charge in [0, 0.05) is 36.4 Å². The van der Waals surface area contributed by atoms with Crippen LogP contribution in [0.3, 0.4) is 0 Å². The molecule has 2 unspecified atom stereocenters. The first-order valence-corrected chi connectivity index (χ1v) is 7.93. The van der Waals surface area contributed by atoms with Gasteiger partial charge in [-0.2, -0.15) is 5.10 Å².